The molecule has 5 rings (SSSR count). The van der Waals surface area contributed by atoms with Gasteiger partial charge in [-0.1, -0.05) is 19.8 Å². The number of rotatable bonds is 3. The van der Waals surface area contributed by atoms with Crippen molar-refractivity contribution in [3.63, 3.8) is 0 Å². The van der Waals surface area contributed by atoms with Crippen molar-refractivity contribution < 1.29 is 10.2 Å². The molecule has 0 fully saturated rings. The Bertz CT molecular complexity index is 1380. The summed E-state index contributed by atoms with van der Waals surface area (Å²) in [6, 6.07) is 9.78. The van der Waals surface area contributed by atoms with Crippen molar-refractivity contribution in [1.82, 2.24) is 14.1 Å². The largest absolute Gasteiger partial charge is 0.508 e. The minimum atomic E-state index is 0.0355. The number of hydrogen-bond donors (Lipinski definition) is 3. The van der Waals surface area contributed by atoms with E-state index in [9.17, 15) is 10.2 Å². The third-order valence-electron chi connectivity index (χ3n) is 6.90. The van der Waals surface area contributed by atoms with Gasteiger partial charge in [-0.2, -0.15) is 0 Å². The summed E-state index contributed by atoms with van der Waals surface area (Å²) >= 11 is 5.64. The number of aryl methyl sites for hydroxylation is 3. The summed E-state index contributed by atoms with van der Waals surface area (Å²) in [5.41, 5.74) is 7.36. The molecule has 166 valence electrons. The van der Waals surface area contributed by atoms with E-state index < -0.39 is 0 Å². The summed E-state index contributed by atoms with van der Waals surface area (Å²) in [6.07, 6.45) is 9.82. The molecule has 0 amide bonds. The number of imidazole rings is 1. The highest BCUT2D eigenvalue weighted by Gasteiger charge is 2.19. The highest BCUT2D eigenvalue weighted by atomic mass is 32.1. The Morgan fingerprint density at radius 2 is 1.78 bits per heavy atom. The molecular formula is C26H29N3O2S. The van der Waals surface area contributed by atoms with Crippen LogP contribution in [0, 0.1) is 4.77 Å². The van der Waals surface area contributed by atoms with Crippen LogP contribution in [0.2, 0.25) is 0 Å². The van der Waals surface area contributed by atoms with Crippen LogP contribution in [-0.2, 0) is 26.3 Å². The highest BCUT2D eigenvalue weighted by molar-refractivity contribution is 7.71. The van der Waals surface area contributed by atoms with Crippen LogP contribution in [-0.4, -0.2) is 24.3 Å². The van der Waals surface area contributed by atoms with Gasteiger partial charge in [-0.25, -0.2) is 0 Å². The molecule has 4 aromatic rings. The number of phenolic OH excluding ortho intramolecular Hbond substituents is 2. The van der Waals surface area contributed by atoms with Crippen molar-refractivity contribution in [2.75, 3.05) is 0 Å². The number of nitrogens with one attached hydrogen (secondary N) is 1. The fourth-order valence-electron chi connectivity index (χ4n) is 5.18. The van der Waals surface area contributed by atoms with Crippen molar-refractivity contribution in [2.45, 2.75) is 51.9 Å². The summed E-state index contributed by atoms with van der Waals surface area (Å²) in [5.74, 6) is 0.145. The van der Waals surface area contributed by atoms with E-state index in [-0.39, 0.29) is 11.5 Å². The second-order valence-corrected chi connectivity index (χ2v) is 9.15. The average molecular weight is 448 g/mol. The monoisotopic (exact) mass is 447 g/mol. The Labute approximate surface area is 193 Å². The summed E-state index contributed by atoms with van der Waals surface area (Å²) in [7, 11) is 2.18. The van der Waals surface area contributed by atoms with Gasteiger partial charge in [0.1, 0.15) is 11.5 Å². The zero-order valence-electron chi connectivity index (χ0n) is 18.6. The molecular weight excluding hydrogens is 418 g/mol. The second kappa shape index (κ2) is 8.17. The molecule has 0 saturated heterocycles. The predicted molar refractivity (Wildman–Crippen MR) is 131 cm³/mol. The third-order valence-corrected chi connectivity index (χ3v) is 7.20. The van der Waals surface area contributed by atoms with Crippen LogP contribution >= 0.6 is 12.2 Å². The zero-order valence-corrected chi connectivity index (χ0v) is 19.4. The summed E-state index contributed by atoms with van der Waals surface area (Å²) < 4.78 is 4.91. The van der Waals surface area contributed by atoms with Gasteiger partial charge in [0, 0.05) is 47.2 Å². The van der Waals surface area contributed by atoms with Crippen LogP contribution in [0.1, 0.15) is 49.4 Å². The quantitative estimate of drug-likeness (QED) is 0.322. The van der Waals surface area contributed by atoms with E-state index >= 15 is 0 Å². The van der Waals surface area contributed by atoms with Crippen LogP contribution in [0.15, 0.2) is 36.5 Å². The maximum atomic E-state index is 10.6. The average Bonchev–Trinajstić information content (AvgIpc) is 3.25. The molecule has 5 nitrogen and oxygen atoms in total. The number of phenols is 2. The topological polar surface area (TPSA) is 66.1 Å². The lowest BCUT2D eigenvalue weighted by Gasteiger charge is -2.13. The van der Waals surface area contributed by atoms with Crippen LogP contribution in [0.3, 0.4) is 0 Å². The van der Waals surface area contributed by atoms with Crippen molar-refractivity contribution in [3.8, 4) is 28.4 Å². The molecule has 2 heterocycles. The Morgan fingerprint density at radius 3 is 2.56 bits per heavy atom. The minimum Gasteiger partial charge on any atom is -0.508 e. The number of nitrogens with zero attached hydrogens (tertiary/aromatic N) is 2. The number of aromatic amines is 1. The number of fused-ring (bicyclic) bond motifs is 3. The molecule has 3 N–H and O–H groups in total. The number of hydrogen-bond acceptors (Lipinski definition) is 3. The van der Waals surface area contributed by atoms with Crippen molar-refractivity contribution >= 4 is 23.1 Å². The molecule has 0 radical (unpaired) electrons. The highest BCUT2D eigenvalue weighted by Crippen LogP contribution is 2.37. The molecule has 0 unspecified atom stereocenters. The van der Waals surface area contributed by atoms with E-state index in [2.05, 4.69) is 34.8 Å². The van der Waals surface area contributed by atoms with Gasteiger partial charge in [0.05, 0.1) is 5.69 Å². The van der Waals surface area contributed by atoms with Gasteiger partial charge >= 0.3 is 0 Å². The SMILES string of the molecule is CCc1cc(-c2c[nH]c(=S)n2-c2ccc3c(c2)c2c(n3C)CCCCCC2)c(O)cc1O. The van der Waals surface area contributed by atoms with Crippen molar-refractivity contribution in [1.29, 1.82) is 0 Å². The first-order chi connectivity index (χ1) is 15.5. The zero-order chi connectivity index (χ0) is 22.4. The lowest BCUT2D eigenvalue weighted by atomic mass is 9.96. The van der Waals surface area contributed by atoms with Gasteiger partial charge < -0.3 is 19.8 Å². The van der Waals surface area contributed by atoms with Gasteiger partial charge in [0.25, 0.3) is 0 Å². The second-order valence-electron chi connectivity index (χ2n) is 8.77. The Hall–Kier alpha value is -2.99. The molecule has 0 bridgehead atoms. The van der Waals surface area contributed by atoms with E-state index in [0.29, 0.717) is 16.8 Å². The molecule has 0 atom stereocenters. The molecule has 2 aromatic heterocycles. The van der Waals surface area contributed by atoms with E-state index in [1.54, 1.807) is 0 Å². The summed E-state index contributed by atoms with van der Waals surface area (Å²) in [6.45, 7) is 1.98. The molecule has 0 spiro atoms. The molecule has 6 heteroatoms. The molecule has 0 aliphatic heterocycles. The van der Waals surface area contributed by atoms with E-state index in [1.807, 2.05) is 23.8 Å². The van der Waals surface area contributed by atoms with E-state index in [0.717, 1.165) is 29.8 Å². The van der Waals surface area contributed by atoms with E-state index in [1.165, 1.54) is 53.9 Å². The van der Waals surface area contributed by atoms with Gasteiger partial charge in [-0.3, -0.25) is 4.57 Å². The van der Waals surface area contributed by atoms with Gasteiger partial charge in [0.15, 0.2) is 4.77 Å². The fraction of sp³-hybridized carbons (Fsp3) is 0.346. The summed E-state index contributed by atoms with van der Waals surface area (Å²) in [4.78, 5) is 3.15. The number of benzene rings is 2. The lowest BCUT2D eigenvalue weighted by molar-refractivity contribution is 0.447. The minimum absolute atomic E-state index is 0.0355. The first-order valence-electron chi connectivity index (χ1n) is 11.5. The van der Waals surface area contributed by atoms with Crippen molar-refractivity contribution in [3.05, 3.63) is 58.1 Å². The molecule has 2 aromatic carbocycles. The predicted octanol–water partition coefficient (Wildman–Crippen LogP) is 6.33. The number of aromatic nitrogens is 3. The smallest absolute Gasteiger partial charge is 0.182 e. The Morgan fingerprint density at radius 1 is 1.00 bits per heavy atom. The number of H-pyrrole nitrogens is 1. The van der Waals surface area contributed by atoms with Crippen LogP contribution < -0.4 is 0 Å². The van der Waals surface area contributed by atoms with Gasteiger partial charge in [-0.15, -0.1) is 0 Å². The molecule has 1 aliphatic rings. The third kappa shape index (κ3) is 3.34. The summed E-state index contributed by atoms with van der Waals surface area (Å²) in [5, 5.41) is 22.0. The lowest BCUT2D eigenvalue weighted by Crippen LogP contribution is -2.02. The van der Waals surface area contributed by atoms with Gasteiger partial charge in [-0.05, 0) is 79.7 Å². The molecule has 1 aliphatic carbocycles. The maximum Gasteiger partial charge on any atom is 0.182 e. The standard InChI is InChI=1S/C26H29N3O2S/c1-3-16-12-20(25(31)14-24(16)30)23-15-27-26(32)29(23)17-10-11-22-19(13-17)18-8-6-4-5-7-9-21(18)28(22)2/h10-15,30-31H,3-9H2,1-2H3,(H,27,32). The first kappa shape index (κ1) is 20.9. The number of aromatic hydroxyl groups is 2. The van der Waals surface area contributed by atoms with Gasteiger partial charge in [0.2, 0.25) is 0 Å². The fourth-order valence-corrected chi connectivity index (χ4v) is 5.44. The molecule has 0 saturated carbocycles. The van der Waals surface area contributed by atoms with Crippen molar-refractivity contribution in [2.24, 2.45) is 7.05 Å². The Balaban J connectivity index is 1.70. The van der Waals surface area contributed by atoms with Crippen LogP contribution in [0.4, 0.5) is 0 Å². The maximum absolute atomic E-state index is 10.6. The Kier molecular flexibility index (Phi) is 5.33. The molecule has 32 heavy (non-hydrogen) atoms. The van der Waals surface area contributed by atoms with Crippen LogP contribution in [0.5, 0.6) is 11.5 Å². The van der Waals surface area contributed by atoms with Crippen LogP contribution in [0.25, 0.3) is 27.8 Å². The van der Waals surface area contributed by atoms with E-state index in [4.69, 9.17) is 12.2 Å². The normalized spacial score (nSPS) is 14.3. The first-order valence-corrected chi connectivity index (χ1v) is 11.9.